The lowest BCUT2D eigenvalue weighted by Crippen LogP contribution is -2.30. The number of carbonyl (C=O) groups excluding carboxylic acids is 2. The third kappa shape index (κ3) is 5.47. The van der Waals surface area contributed by atoms with Crippen LogP contribution in [-0.4, -0.2) is 29.6 Å². The Balaban J connectivity index is 1.85. The van der Waals surface area contributed by atoms with Crippen molar-refractivity contribution >= 4 is 40.9 Å². The van der Waals surface area contributed by atoms with Crippen molar-refractivity contribution in [1.29, 1.82) is 0 Å². The lowest BCUT2D eigenvalue weighted by molar-refractivity contribution is -0.384. The van der Waals surface area contributed by atoms with Crippen LogP contribution in [0.25, 0.3) is 0 Å². The summed E-state index contributed by atoms with van der Waals surface area (Å²) in [5.74, 6) is -1.25. The average Bonchev–Trinajstić information content (AvgIpc) is 2.64. The summed E-state index contributed by atoms with van der Waals surface area (Å²) in [7, 11) is 0. The number of nitrogens with one attached hydrogen (secondary N) is 1. The number of benzene rings is 2. The van der Waals surface area contributed by atoms with E-state index in [4.69, 9.17) is 16.3 Å². The van der Waals surface area contributed by atoms with E-state index in [9.17, 15) is 19.7 Å². The molecule has 0 heterocycles. The van der Waals surface area contributed by atoms with Crippen LogP contribution in [0.15, 0.2) is 47.4 Å². The second-order valence-electron chi connectivity index (χ2n) is 5.11. The fourth-order valence-corrected chi connectivity index (χ4v) is 2.58. The number of esters is 1. The van der Waals surface area contributed by atoms with Gasteiger partial charge in [-0.15, -0.1) is 11.8 Å². The van der Waals surface area contributed by atoms with Gasteiger partial charge < -0.3 is 10.1 Å². The number of hydrogen-bond acceptors (Lipinski definition) is 6. The van der Waals surface area contributed by atoms with Crippen molar-refractivity contribution in [2.75, 3.05) is 12.8 Å². The summed E-state index contributed by atoms with van der Waals surface area (Å²) < 4.78 is 5.08. The standard InChI is InChI=1S/C17H15ClN2O5S/c1-26-13-5-2-11(3-6-13)10-25-16(21)9-19-17(22)12-4-7-14(18)15(8-12)20(23)24/h2-8H,9-10H2,1H3,(H,19,22). The molecule has 0 saturated heterocycles. The minimum absolute atomic E-state index is 0.0292. The molecule has 0 aliphatic rings. The molecule has 136 valence electrons. The summed E-state index contributed by atoms with van der Waals surface area (Å²) in [6.07, 6.45) is 1.97. The highest BCUT2D eigenvalue weighted by atomic mass is 35.5. The van der Waals surface area contributed by atoms with Crippen LogP contribution in [0.5, 0.6) is 0 Å². The number of amides is 1. The first-order valence-electron chi connectivity index (χ1n) is 7.41. The zero-order chi connectivity index (χ0) is 19.1. The number of nitro benzene ring substituents is 1. The van der Waals surface area contributed by atoms with Crippen LogP contribution in [-0.2, 0) is 16.1 Å². The SMILES string of the molecule is CSc1ccc(COC(=O)CNC(=O)c2ccc(Cl)c([N+](=O)[O-])c2)cc1. The van der Waals surface area contributed by atoms with Crippen molar-refractivity contribution < 1.29 is 19.2 Å². The first-order chi connectivity index (χ1) is 12.4. The number of nitrogens with zero attached hydrogens (tertiary/aromatic N) is 1. The van der Waals surface area contributed by atoms with Crippen molar-refractivity contribution in [3.63, 3.8) is 0 Å². The van der Waals surface area contributed by atoms with Crippen molar-refractivity contribution in [2.24, 2.45) is 0 Å². The van der Waals surface area contributed by atoms with Crippen molar-refractivity contribution in [3.8, 4) is 0 Å². The number of hydrogen-bond donors (Lipinski definition) is 1. The molecular weight excluding hydrogens is 380 g/mol. The topological polar surface area (TPSA) is 98.5 Å². The van der Waals surface area contributed by atoms with Gasteiger partial charge in [-0.05, 0) is 36.1 Å². The fraction of sp³-hybridized carbons (Fsp3) is 0.176. The molecule has 1 amide bonds. The van der Waals surface area contributed by atoms with Gasteiger partial charge in [0.05, 0.1) is 4.92 Å². The molecule has 0 radical (unpaired) electrons. The molecule has 0 bridgehead atoms. The van der Waals surface area contributed by atoms with Crippen LogP contribution in [0.3, 0.4) is 0 Å². The highest BCUT2D eigenvalue weighted by Gasteiger charge is 2.17. The number of nitro groups is 1. The van der Waals surface area contributed by atoms with Gasteiger partial charge in [0.15, 0.2) is 0 Å². The molecule has 0 aliphatic carbocycles. The van der Waals surface area contributed by atoms with E-state index in [0.717, 1.165) is 16.5 Å². The Labute approximate surface area is 158 Å². The first kappa shape index (κ1) is 19.7. The average molecular weight is 395 g/mol. The summed E-state index contributed by atoms with van der Waals surface area (Å²) in [6, 6.07) is 11.2. The Morgan fingerprint density at radius 2 is 1.92 bits per heavy atom. The van der Waals surface area contributed by atoms with Crippen LogP contribution in [0, 0.1) is 10.1 Å². The lowest BCUT2D eigenvalue weighted by atomic mass is 10.2. The van der Waals surface area contributed by atoms with E-state index < -0.39 is 16.8 Å². The maximum atomic E-state index is 12.0. The number of rotatable bonds is 7. The molecule has 0 aliphatic heterocycles. The third-order valence-corrected chi connectivity index (χ3v) is 4.42. The van der Waals surface area contributed by atoms with E-state index in [1.165, 1.54) is 12.1 Å². The predicted molar refractivity (Wildman–Crippen MR) is 98.5 cm³/mol. The molecule has 2 rings (SSSR count). The second kappa shape index (κ2) is 9.21. The Morgan fingerprint density at radius 1 is 1.23 bits per heavy atom. The van der Waals surface area contributed by atoms with Gasteiger partial charge in [-0.25, -0.2) is 0 Å². The lowest BCUT2D eigenvalue weighted by Gasteiger charge is -2.07. The monoisotopic (exact) mass is 394 g/mol. The highest BCUT2D eigenvalue weighted by Crippen LogP contribution is 2.25. The van der Waals surface area contributed by atoms with Gasteiger partial charge in [0.2, 0.25) is 0 Å². The highest BCUT2D eigenvalue weighted by molar-refractivity contribution is 7.98. The van der Waals surface area contributed by atoms with E-state index in [1.807, 2.05) is 30.5 Å². The van der Waals surface area contributed by atoms with Gasteiger partial charge >= 0.3 is 5.97 Å². The largest absolute Gasteiger partial charge is 0.460 e. The molecule has 26 heavy (non-hydrogen) atoms. The van der Waals surface area contributed by atoms with E-state index >= 15 is 0 Å². The van der Waals surface area contributed by atoms with Crippen LogP contribution in [0.2, 0.25) is 5.02 Å². The summed E-state index contributed by atoms with van der Waals surface area (Å²) in [6.45, 7) is -0.256. The molecule has 0 fully saturated rings. The minimum atomic E-state index is -0.685. The molecule has 9 heteroatoms. The molecule has 2 aromatic carbocycles. The summed E-state index contributed by atoms with van der Waals surface area (Å²) >= 11 is 7.30. The molecule has 0 spiro atoms. The number of ether oxygens (including phenoxy) is 1. The zero-order valence-corrected chi connectivity index (χ0v) is 15.3. The Bertz CT molecular complexity index is 826. The van der Waals surface area contributed by atoms with Crippen LogP contribution in [0.4, 0.5) is 5.69 Å². The number of thioether (sulfide) groups is 1. The van der Waals surface area contributed by atoms with Gasteiger partial charge in [0.1, 0.15) is 18.2 Å². The van der Waals surface area contributed by atoms with Gasteiger partial charge in [-0.3, -0.25) is 19.7 Å². The van der Waals surface area contributed by atoms with E-state index in [2.05, 4.69) is 5.32 Å². The minimum Gasteiger partial charge on any atom is -0.460 e. The molecule has 1 N–H and O–H groups in total. The molecule has 2 aromatic rings. The van der Waals surface area contributed by atoms with Gasteiger partial charge in [-0.1, -0.05) is 23.7 Å². The van der Waals surface area contributed by atoms with Crippen LogP contribution >= 0.6 is 23.4 Å². The van der Waals surface area contributed by atoms with Crippen LogP contribution in [0.1, 0.15) is 15.9 Å². The first-order valence-corrected chi connectivity index (χ1v) is 9.01. The molecule has 0 saturated carbocycles. The zero-order valence-electron chi connectivity index (χ0n) is 13.7. The number of halogens is 1. The normalized spacial score (nSPS) is 10.2. The predicted octanol–water partition coefficient (Wildman–Crippen LogP) is 3.44. The van der Waals surface area contributed by atoms with Crippen molar-refractivity contribution in [3.05, 3.63) is 68.7 Å². The van der Waals surface area contributed by atoms with Gasteiger partial charge in [0, 0.05) is 16.5 Å². The Kier molecular flexibility index (Phi) is 6.99. The van der Waals surface area contributed by atoms with E-state index in [-0.39, 0.29) is 29.4 Å². The number of carbonyl (C=O) groups is 2. The Hall–Kier alpha value is -2.58. The fourth-order valence-electron chi connectivity index (χ4n) is 1.98. The quantitative estimate of drug-likeness (QED) is 0.334. The second-order valence-corrected chi connectivity index (χ2v) is 6.40. The summed E-state index contributed by atoms with van der Waals surface area (Å²) in [5.41, 5.74) is 0.480. The summed E-state index contributed by atoms with van der Waals surface area (Å²) in [5, 5.41) is 13.1. The van der Waals surface area contributed by atoms with Crippen molar-refractivity contribution in [2.45, 2.75) is 11.5 Å². The maximum Gasteiger partial charge on any atom is 0.325 e. The molecule has 0 atom stereocenters. The maximum absolute atomic E-state index is 12.0. The van der Waals surface area contributed by atoms with Crippen molar-refractivity contribution in [1.82, 2.24) is 5.32 Å². The molecule has 0 unspecified atom stereocenters. The van der Waals surface area contributed by atoms with Gasteiger partial charge in [-0.2, -0.15) is 0 Å². The Morgan fingerprint density at radius 3 is 2.54 bits per heavy atom. The van der Waals surface area contributed by atoms with E-state index in [1.54, 1.807) is 11.8 Å². The van der Waals surface area contributed by atoms with Crippen LogP contribution < -0.4 is 5.32 Å². The smallest absolute Gasteiger partial charge is 0.325 e. The molecular formula is C17H15ClN2O5S. The summed E-state index contributed by atoms with van der Waals surface area (Å²) in [4.78, 5) is 35.0. The molecule has 0 aromatic heterocycles. The molecule has 7 nitrogen and oxygen atoms in total. The van der Waals surface area contributed by atoms with E-state index in [0.29, 0.717) is 0 Å². The van der Waals surface area contributed by atoms with Gasteiger partial charge in [0.25, 0.3) is 11.6 Å². The third-order valence-electron chi connectivity index (χ3n) is 3.36.